The molecule has 0 saturated heterocycles. The Morgan fingerprint density at radius 3 is 2.60 bits per heavy atom. The van der Waals surface area contributed by atoms with E-state index < -0.39 is 0 Å². The smallest absolute Gasteiger partial charge is 0.147 e. The molecular weight excluding hydrogens is 190 g/mol. The highest BCUT2D eigenvalue weighted by molar-refractivity contribution is 5.04. The number of hydrogen-bond donors (Lipinski definition) is 1. The molecule has 1 aromatic heterocycles. The van der Waals surface area contributed by atoms with Gasteiger partial charge in [0.15, 0.2) is 0 Å². The summed E-state index contributed by atoms with van der Waals surface area (Å²) in [6.07, 6.45) is 4.68. The summed E-state index contributed by atoms with van der Waals surface area (Å²) in [5.41, 5.74) is 1.07. The Kier molecular flexibility index (Phi) is 5.21. The third-order valence-electron chi connectivity index (χ3n) is 2.09. The minimum atomic E-state index is 0.0807. The van der Waals surface area contributed by atoms with Gasteiger partial charge in [-0.2, -0.15) is 0 Å². The molecule has 1 aromatic rings. The summed E-state index contributed by atoms with van der Waals surface area (Å²) in [6.45, 7) is 5.47. The van der Waals surface area contributed by atoms with Gasteiger partial charge < -0.3 is 10.1 Å². The number of hydrogen-bond acceptors (Lipinski definition) is 4. The fourth-order valence-electron chi connectivity index (χ4n) is 1.22. The van der Waals surface area contributed by atoms with Crippen LogP contribution in [0.4, 0.5) is 0 Å². The van der Waals surface area contributed by atoms with E-state index in [9.17, 15) is 0 Å². The fraction of sp³-hybridized carbons (Fsp3) is 0.636. The van der Waals surface area contributed by atoms with Crippen LogP contribution in [0.15, 0.2) is 12.4 Å². The van der Waals surface area contributed by atoms with Crippen molar-refractivity contribution in [3.8, 4) is 0 Å². The van der Waals surface area contributed by atoms with Gasteiger partial charge >= 0.3 is 0 Å². The Bertz CT molecular complexity index is 274. The van der Waals surface area contributed by atoms with Gasteiger partial charge in [0.25, 0.3) is 0 Å². The zero-order valence-electron chi connectivity index (χ0n) is 9.66. The predicted octanol–water partition coefficient (Wildman–Crippen LogP) is 1.47. The van der Waals surface area contributed by atoms with Gasteiger partial charge in [-0.05, 0) is 26.0 Å². The van der Waals surface area contributed by atoms with Gasteiger partial charge in [0.1, 0.15) is 5.82 Å². The molecular formula is C11H19N3O. The van der Waals surface area contributed by atoms with Crippen LogP contribution < -0.4 is 5.32 Å². The number of aromatic nitrogens is 2. The van der Waals surface area contributed by atoms with Crippen molar-refractivity contribution in [1.82, 2.24) is 15.3 Å². The van der Waals surface area contributed by atoms with Crippen molar-refractivity contribution in [1.29, 1.82) is 0 Å². The molecule has 1 unspecified atom stereocenters. The van der Waals surface area contributed by atoms with Crippen LogP contribution in [-0.2, 0) is 4.74 Å². The Morgan fingerprint density at radius 2 is 2.07 bits per heavy atom. The number of ether oxygens (including phenoxy) is 1. The maximum absolute atomic E-state index is 5.48. The van der Waals surface area contributed by atoms with Gasteiger partial charge in [0, 0.05) is 19.0 Å². The van der Waals surface area contributed by atoms with E-state index in [-0.39, 0.29) is 6.04 Å². The van der Waals surface area contributed by atoms with E-state index in [2.05, 4.69) is 22.2 Å². The third kappa shape index (κ3) is 3.93. The lowest BCUT2D eigenvalue weighted by molar-refractivity contribution is 0.112. The number of rotatable bonds is 6. The van der Waals surface area contributed by atoms with Gasteiger partial charge in [-0.25, -0.2) is 9.97 Å². The van der Waals surface area contributed by atoms with E-state index in [1.807, 2.05) is 26.4 Å². The van der Waals surface area contributed by atoms with Gasteiger partial charge in [0.05, 0.1) is 12.6 Å². The summed E-state index contributed by atoms with van der Waals surface area (Å²) in [6, 6.07) is 0.0807. The molecule has 0 saturated carbocycles. The Morgan fingerprint density at radius 1 is 1.40 bits per heavy atom. The molecule has 0 aliphatic heterocycles. The first kappa shape index (κ1) is 12.1. The van der Waals surface area contributed by atoms with E-state index in [1.165, 1.54) is 0 Å². The molecule has 1 heterocycles. The van der Waals surface area contributed by atoms with E-state index in [1.54, 1.807) is 0 Å². The summed E-state index contributed by atoms with van der Waals surface area (Å²) >= 11 is 0. The van der Waals surface area contributed by atoms with E-state index in [4.69, 9.17) is 4.74 Å². The first-order chi connectivity index (χ1) is 7.27. The van der Waals surface area contributed by atoms with Crippen molar-refractivity contribution in [2.75, 3.05) is 20.3 Å². The number of likely N-dealkylation sites (N-methyl/N-ethyl adjacent to an activating group) is 1. The summed E-state index contributed by atoms with van der Waals surface area (Å²) in [7, 11) is 1.89. The first-order valence-corrected chi connectivity index (χ1v) is 5.31. The van der Waals surface area contributed by atoms with Crippen LogP contribution in [0.25, 0.3) is 0 Å². The van der Waals surface area contributed by atoms with E-state index in [0.717, 1.165) is 24.4 Å². The lowest BCUT2D eigenvalue weighted by Gasteiger charge is -2.14. The van der Waals surface area contributed by atoms with Crippen molar-refractivity contribution in [2.24, 2.45) is 0 Å². The van der Waals surface area contributed by atoms with Crippen molar-refractivity contribution in [3.63, 3.8) is 0 Å². The van der Waals surface area contributed by atoms with Crippen molar-refractivity contribution in [2.45, 2.75) is 26.3 Å². The molecule has 0 aromatic carbocycles. The summed E-state index contributed by atoms with van der Waals surface area (Å²) < 4.78 is 5.48. The standard InChI is InChI=1S/C11H19N3O/c1-4-5-15-8-10(12-3)11-13-6-9(2)7-14-11/h6-7,10,12H,4-5,8H2,1-3H3. The second-order valence-electron chi connectivity index (χ2n) is 3.53. The van der Waals surface area contributed by atoms with Gasteiger partial charge in [0.2, 0.25) is 0 Å². The summed E-state index contributed by atoms with van der Waals surface area (Å²) in [4.78, 5) is 8.55. The van der Waals surface area contributed by atoms with E-state index >= 15 is 0 Å². The number of nitrogens with one attached hydrogen (secondary N) is 1. The molecule has 1 N–H and O–H groups in total. The third-order valence-corrected chi connectivity index (χ3v) is 2.09. The topological polar surface area (TPSA) is 47.0 Å². The zero-order chi connectivity index (χ0) is 11.1. The van der Waals surface area contributed by atoms with E-state index in [0.29, 0.717) is 6.61 Å². The molecule has 1 atom stereocenters. The number of aryl methyl sites for hydroxylation is 1. The maximum Gasteiger partial charge on any atom is 0.147 e. The van der Waals surface area contributed by atoms with Crippen LogP contribution in [-0.4, -0.2) is 30.2 Å². The average molecular weight is 209 g/mol. The highest BCUT2D eigenvalue weighted by atomic mass is 16.5. The molecule has 84 valence electrons. The molecule has 0 radical (unpaired) electrons. The van der Waals surface area contributed by atoms with Crippen LogP contribution >= 0.6 is 0 Å². The lowest BCUT2D eigenvalue weighted by Crippen LogP contribution is -2.24. The van der Waals surface area contributed by atoms with Gasteiger partial charge in [-0.15, -0.1) is 0 Å². The monoisotopic (exact) mass is 209 g/mol. The second-order valence-corrected chi connectivity index (χ2v) is 3.53. The SMILES string of the molecule is CCCOCC(NC)c1ncc(C)cn1. The Hall–Kier alpha value is -1.00. The molecule has 0 amide bonds. The van der Waals surface area contributed by atoms with Crippen LogP contribution in [0.5, 0.6) is 0 Å². The normalized spacial score (nSPS) is 12.7. The van der Waals surface area contributed by atoms with Gasteiger partial charge in [-0.1, -0.05) is 6.92 Å². The first-order valence-electron chi connectivity index (χ1n) is 5.31. The highest BCUT2D eigenvalue weighted by Gasteiger charge is 2.11. The number of nitrogens with zero attached hydrogens (tertiary/aromatic N) is 2. The van der Waals surface area contributed by atoms with Crippen molar-refractivity contribution in [3.05, 3.63) is 23.8 Å². The Labute approximate surface area is 91.1 Å². The lowest BCUT2D eigenvalue weighted by atomic mass is 10.3. The summed E-state index contributed by atoms with van der Waals surface area (Å²) in [5, 5.41) is 3.15. The molecule has 0 fully saturated rings. The average Bonchev–Trinajstić information content (AvgIpc) is 2.26. The molecule has 0 aliphatic carbocycles. The molecule has 0 bridgehead atoms. The molecule has 4 nitrogen and oxygen atoms in total. The summed E-state index contributed by atoms with van der Waals surface area (Å²) in [5.74, 6) is 0.791. The minimum Gasteiger partial charge on any atom is -0.379 e. The fourth-order valence-corrected chi connectivity index (χ4v) is 1.22. The quantitative estimate of drug-likeness (QED) is 0.721. The van der Waals surface area contributed by atoms with Crippen molar-refractivity contribution < 1.29 is 4.74 Å². The minimum absolute atomic E-state index is 0.0807. The Balaban J connectivity index is 2.53. The van der Waals surface area contributed by atoms with Crippen molar-refractivity contribution >= 4 is 0 Å². The molecule has 0 spiro atoms. The predicted molar refractivity (Wildman–Crippen MR) is 59.7 cm³/mol. The molecule has 15 heavy (non-hydrogen) atoms. The maximum atomic E-state index is 5.48. The van der Waals surface area contributed by atoms with Crippen LogP contribution in [0, 0.1) is 6.92 Å². The van der Waals surface area contributed by atoms with Crippen LogP contribution in [0.2, 0.25) is 0 Å². The highest BCUT2D eigenvalue weighted by Crippen LogP contribution is 2.07. The molecule has 0 aliphatic rings. The largest absolute Gasteiger partial charge is 0.379 e. The van der Waals surface area contributed by atoms with Gasteiger partial charge in [-0.3, -0.25) is 0 Å². The second kappa shape index (κ2) is 6.48. The zero-order valence-corrected chi connectivity index (χ0v) is 9.66. The molecule has 1 rings (SSSR count). The van der Waals surface area contributed by atoms with Crippen LogP contribution in [0.3, 0.4) is 0 Å². The molecule has 4 heteroatoms. The van der Waals surface area contributed by atoms with Crippen LogP contribution in [0.1, 0.15) is 30.8 Å².